The van der Waals surface area contributed by atoms with Crippen LogP contribution in [0, 0.1) is 0 Å². The molecule has 1 aromatic carbocycles. The van der Waals surface area contributed by atoms with Gasteiger partial charge < -0.3 is 10.3 Å². The summed E-state index contributed by atoms with van der Waals surface area (Å²) < 4.78 is 5.22. The summed E-state index contributed by atoms with van der Waals surface area (Å²) in [6, 6.07) is 8.72. The Morgan fingerprint density at radius 1 is 1.10 bits per heavy atom. The van der Waals surface area contributed by atoms with E-state index in [-0.39, 0.29) is 0 Å². The van der Waals surface area contributed by atoms with E-state index in [0.29, 0.717) is 39.6 Å². The topological polar surface area (TPSA) is 77.8 Å². The molecule has 106 valence electrons. The zero-order chi connectivity index (χ0) is 14.8. The molecular formula is C14H10Cl2N4O. The summed E-state index contributed by atoms with van der Waals surface area (Å²) in [6.07, 6.45) is 1.68. The van der Waals surface area contributed by atoms with Gasteiger partial charge in [0.1, 0.15) is 5.69 Å². The van der Waals surface area contributed by atoms with Crippen LogP contribution in [-0.4, -0.2) is 15.1 Å². The highest BCUT2D eigenvalue weighted by molar-refractivity contribution is 6.35. The lowest BCUT2D eigenvalue weighted by Crippen LogP contribution is -1.96. The van der Waals surface area contributed by atoms with Crippen molar-refractivity contribution in [2.45, 2.75) is 6.54 Å². The molecule has 0 atom stereocenters. The number of pyridine rings is 1. The van der Waals surface area contributed by atoms with Crippen LogP contribution in [0.2, 0.25) is 10.0 Å². The molecule has 3 aromatic rings. The van der Waals surface area contributed by atoms with E-state index in [1.165, 1.54) is 0 Å². The van der Waals surface area contributed by atoms with Gasteiger partial charge in [-0.1, -0.05) is 34.4 Å². The van der Waals surface area contributed by atoms with Crippen LogP contribution in [0.25, 0.3) is 23.0 Å². The minimum absolute atomic E-state index is 0.324. The zero-order valence-corrected chi connectivity index (χ0v) is 12.3. The molecule has 2 N–H and O–H groups in total. The van der Waals surface area contributed by atoms with Gasteiger partial charge in [-0.05, 0) is 29.8 Å². The molecule has 0 saturated heterocycles. The van der Waals surface area contributed by atoms with E-state index >= 15 is 0 Å². The maximum absolute atomic E-state index is 5.96. The number of nitrogens with two attached hydrogens (primary N) is 1. The third-order valence-electron chi connectivity index (χ3n) is 2.83. The van der Waals surface area contributed by atoms with Crippen molar-refractivity contribution in [3.05, 3.63) is 52.1 Å². The van der Waals surface area contributed by atoms with Crippen LogP contribution in [0.4, 0.5) is 0 Å². The predicted octanol–water partition coefficient (Wildman–Crippen LogP) is 3.56. The van der Waals surface area contributed by atoms with Gasteiger partial charge in [-0.15, -0.1) is 0 Å². The predicted molar refractivity (Wildman–Crippen MR) is 80.9 cm³/mol. The molecule has 0 aliphatic carbocycles. The van der Waals surface area contributed by atoms with Crippen molar-refractivity contribution in [2.24, 2.45) is 5.73 Å². The second kappa shape index (κ2) is 5.81. The van der Waals surface area contributed by atoms with Crippen molar-refractivity contribution in [1.29, 1.82) is 0 Å². The smallest absolute Gasteiger partial charge is 0.276 e. The molecule has 0 unspecified atom stereocenters. The van der Waals surface area contributed by atoms with Crippen LogP contribution in [0.1, 0.15) is 5.56 Å². The number of halogens is 2. The first-order valence-electron chi connectivity index (χ1n) is 6.11. The molecule has 0 aliphatic heterocycles. The number of hydrogen-bond donors (Lipinski definition) is 1. The number of hydrogen-bond acceptors (Lipinski definition) is 5. The minimum Gasteiger partial charge on any atom is -0.332 e. The van der Waals surface area contributed by atoms with Gasteiger partial charge in [-0.2, -0.15) is 4.98 Å². The lowest BCUT2D eigenvalue weighted by atomic mass is 10.2. The first-order chi connectivity index (χ1) is 10.2. The largest absolute Gasteiger partial charge is 0.332 e. The van der Waals surface area contributed by atoms with Crippen LogP contribution in [-0.2, 0) is 6.54 Å². The fourth-order valence-corrected chi connectivity index (χ4v) is 2.33. The minimum atomic E-state index is 0.324. The van der Waals surface area contributed by atoms with Crippen LogP contribution < -0.4 is 5.73 Å². The molecule has 5 nitrogen and oxygen atoms in total. The Labute approximate surface area is 130 Å². The van der Waals surface area contributed by atoms with Crippen molar-refractivity contribution in [3.63, 3.8) is 0 Å². The normalized spacial score (nSPS) is 10.8. The molecule has 21 heavy (non-hydrogen) atoms. The maximum atomic E-state index is 5.96. The molecular weight excluding hydrogens is 311 g/mol. The van der Waals surface area contributed by atoms with Gasteiger partial charge in [0.25, 0.3) is 5.89 Å². The Morgan fingerprint density at radius 3 is 2.48 bits per heavy atom. The van der Waals surface area contributed by atoms with Crippen LogP contribution in [0.5, 0.6) is 0 Å². The van der Waals surface area contributed by atoms with E-state index in [1.54, 1.807) is 30.5 Å². The van der Waals surface area contributed by atoms with Gasteiger partial charge in [-0.25, -0.2) is 0 Å². The summed E-state index contributed by atoms with van der Waals surface area (Å²) in [6.45, 7) is 0.434. The molecule has 0 spiro atoms. The number of rotatable bonds is 3. The lowest BCUT2D eigenvalue weighted by molar-refractivity contribution is 0.431. The molecule has 0 aliphatic rings. The Balaban J connectivity index is 1.95. The van der Waals surface area contributed by atoms with Crippen molar-refractivity contribution >= 4 is 23.2 Å². The number of aromatic nitrogens is 3. The first-order valence-corrected chi connectivity index (χ1v) is 6.87. The molecule has 2 aromatic heterocycles. The quantitative estimate of drug-likeness (QED) is 0.798. The average molecular weight is 321 g/mol. The van der Waals surface area contributed by atoms with Gasteiger partial charge in [0.15, 0.2) is 0 Å². The third-order valence-corrected chi connectivity index (χ3v) is 3.26. The summed E-state index contributed by atoms with van der Waals surface area (Å²) in [5, 5.41) is 4.94. The molecule has 0 amide bonds. The fourth-order valence-electron chi connectivity index (χ4n) is 1.80. The standard InChI is InChI=1S/C14H10Cl2N4O/c15-10-3-9(4-11(16)5-10)13-19-14(21-20-13)12-2-1-8(6-17)7-18-12/h1-5,7H,6,17H2. The fraction of sp³-hybridized carbons (Fsp3) is 0.0714. The lowest BCUT2D eigenvalue weighted by Gasteiger charge is -1.97. The molecule has 0 fully saturated rings. The Bertz CT molecular complexity index is 751. The Hall–Kier alpha value is -1.95. The number of benzene rings is 1. The van der Waals surface area contributed by atoms with E-state index in [2.05, 4.69) is 15.1 Å². The Morgan fingerprint density at radius 2 is 1.86 bits per heavy atom. The maximum Gasteiger partial charge on any atom is 0.276 e. The molecule has 3 rings (SSSR count). The van der Waals surface area contributed by atoms with E-state index in [9.17, 15) is 0 Å². The van der Waals surface area contributed by atoms with Crippen molar-refractivity contribution in [2.75, 3.05) is 0 Å². The number of nitrogens with zero attached hydrogens (tertiary/aromatic N) is 3. The summed E-state index contributed by atoms with van der Waals surface area (Å²) >= 11 is 11.9. The van der Waals surface area contributed by atoms with E-state index in [0.717, 1.165) is 5.56 Å². The van der Waals surface area contributed by atoms with E-state index < -0.39 is 0 Å². The van der Waals surface area contributed by atoms with E-state index in [4.69, 9.17) is 33.5 Å². The monoisotopic (exact) mass is 320 g/mol. The van der Waals surface area contributed by atoms with Crippen molar-refractivity contribution in [3.8, 4) is 23.0 Å². The molecule has 0 radical (unpaired) electrons. The van der Waals surface area contributed by atoms with Gasteiger partial charge >= 0.3 is 0 Å². The zero-order valence-electron chi connectivity index (χ0n) is 10.8. The van der Waals surface area contributed by atoms with Gasteiger partial charge in [-0.3, -0.25) is 4.98 Å². The summed E-state index contributed by atoms with van der Waals surface area (Å²) in [5.41, 5.74) is 7.73. The van der Waals surface area contributed by atoms with Crippen LogP contribution in [0.3, 0.4) is 0 Å². The summed E-state index contributed by atoms with van der Waals surface area (Å²) in [5.74, 6) is 0.726. The molecule has 0 bridgehead atoms. The molecule has 7 heteroatoms. The van der Waals surface area contributed by atoms with Gasteiger partial charge in [0.2, 0.25) is 5.82 Å². The second-order valence-electron chi connectivity index (χ2n) is 4.34. The van der Waals surface area contributed by atoms with E-state index in [1.807, 2.05) is 6.07 Å². The summed E-state index contributed by atoms with van der Waals surface area (Å²) in [7, 11) is 0. The highest BCUT2D eigenvalue weighted by Crippen LogP contribution is 2.26. The second-order valence-corrected chi connectivity index (χ2v) is 5.21. The SMILES string of the molecule is NCc1ccc(-c2nc(-c3cc(Cl)cc(Cl)c3)no2)nc1. The van der Waals surface area contributed by atoms with Crippen LogP contribution in [0.15, 0.2) is 41.1 Å². The van der Waals surface area contributed by atoms with Crippen molar-refractivity contribution < 1.29 is 4.52 Å². The highest BCUT2D eigenvalue weighted by Gasteiger charge is 2.12. The van der Waals surface area contributed by atoms with Crippen LogP contribution >= 0.6 is 23.2 Å². The van der Waals surface area contributed by atoms with Gasteiger partial charge in [0, 0.05) is 28.4 Å². The van der Waals surface area contributed by atoms with Crippen molar-refractivity contribution in [1.82, 2.24) is 15.1 Å². The third kappa shape index (κ3) is 3.05. The highest BCUT2D eigenvalue weighted by atomic mass is 35.5. The Kier molecular flexibility index (Phi) is 3.88. The molecule has 0 saturated carbocycles. The summed E-state index contributed by atoms with van der Waals surface area (Å²) in [4.78, 5) is 8.53. The first kappa shape index (κ1) is 14.0. The van der Waals surface area contributed by atoms with Gasteiger partial charge in [0.05, 0.1) is 0 Å². The average Bonchev–Trinajstić information content (AvgIpc) is 2.96. The molecule has 2 heterocycles.